The van der Waals surface area contributed by atoms with Gasteiger partial charge in [-0.3, -0.25) is 14.9 Å². The van der Waals surface area contributed by atoms with Gasteiger partial charge in [-0.05, 0) is 25.3 Å². The number of nitrogens with zero attached hydrogens (tertiary/aromatic N) is 1. The first-order chi connectivity index (χ1) is 11.6. The van der Waals surface area contributed by atoms with E-state index in [0.717, 1.165) is 44.9 Å². The number of carbonyl (C=O) groups is 1. The van der Waals surface area contributed by atoms with E-state index in [1.165, 1.54) is 24.6 Å². The van der Waals surface area contributed by atoms with E-state index in [-0.39, 0.29) is 23.2 Å². The van der Waals surface area contributed by atoms with Crippen LogP contribution in [0.3, 0.4) is 0 Å². The summed E-state index contributed by atoms with van der Waals surface area (Å²) in [4.78, 5) is 23.1. The molecule has 0 spiro atoms. The van der Waals surface area contributed by atoms with Crippen LogP contribution in [0.2, 0.25) is 0 Å². The van der Waals surface area contributed by atoms with Crippen molar-refractivity contribution in [2.75, 3.05) is 6.61 Å². The number of benzene rings is 1. The molecule has 1 aromatic carbocycles. The maximum atomic E-state index is 12.6. The van der Waals surface area contributed by atoms with E-state index >= 15 is 0 Å². The van der Waals surface area contributed by atoms with Gasteiger partial charge in [-0.1, -0.05) is 39.0 Å². The second kappa shape index (κ2) is 9.25. The molecule has 1 saturated carbocycles. The lowest BCUT2D eigenvalue weighted by atomic mass is 9.95. The number of carbonyl (C=O) groups excluding carboxylic acids is 1. The van der Waals surface area contributed by atoms with E-state index in [0.29, 0.717) is 12.4 Å². The third-order valence-corrected chi connectivity index (χ3v) is 4.36. The number of nitro benzene ring substituents is 1. The smallest absolute Gasteiger partial charge is 0.270 e. The van der Waals surface area contributed by atoms with E-state index in [1.807, 2.05) is 0 Å². The molecule has 2 rings (SSSR count). The van der Waals surface area contributed by atoms with Crippen LogP contribution in [0, 0.1) is 10.1 Å². The third-order valence-electron chi connectivity index (χ3n) is 4.36. The van der Waals surface area contributed by atoms with E-state index in [2.05, 4.69) is 12.2 Å². The number of hydrogen-bond donors (Lipinski definition) is 1. The van der Waals surface area contributed by atoms with Gasteiger partial charge in [0.15, 0.2) is 0 Å². The fourth-order valence-corrected chi connectivity index (χ4v) is 2.98. The summed E-state index contributed by atoms with van der Waals surface area (Å²) >= 11 is 0. The monoisotopic (exact) mass is 334 g/mol. The normalized spacial score (nSPS) is 15.0. The van der Waals surface area contributed by atoms with Crippen molar-refractivity contribution in [1.29, 1.82) is 0 Å². The molecule has 1 aliphatic rings. The largest absolute Gasteiger partial charge is 0.493 e. The summed E-state index contributed by atoms with van der Waals surface area (Å²) < 4.78 is 5.70. The van der Waals surface area contributed by atoms with Crippen LogP contribution in [0.25, 0.3) is 0 Å². The number of ether oxygens (including phenoxy) is 1. The van der Waals surface area contributed by atoms with Gasteiger partial charge >= 0.3 is 0 Å². The lowest BCUT2D eigenvalue weighted by molar-refractivity contribution is -0.384. The van der Waals surface area contributed by atoms with E-state index in [4.69, 9.17) is 4.74 Å². The first-order valence-electron chi connectivity index (χ1n) is 8.84. The molecule has 132 valence electrons. The van der Waals surface area contributed by atoms with Crippen molar-refractivity contribution in [3.05, 3.63) is 33.9 Å². The highest BCUT2D eigenvalue weighted by atomic mass is 16.6. The maximum absolute atomic E-state index is 12.6. The Balaban J connectivity index is 2.11. The molecule has 0 unspecified atom stereocenters. The Morgan fingerprint density at radius 1 is 1.29 bits per heavy atom. The Morgan fingerprint density at radius 2 is 2.04 bits per heavy atom. The number of hydrogen-bond acceptors (Lipinski definition) is 4. The van der Waals surface area contributed by atoms with Gasteiger partial charge in [0.1, 0.15) is 5.75 Å². The summed E-state index contributed by atoms with van der Waals surface area (Å²) in [5.41, 5.74) is 0.163. The Morgan fingerprint density at radius 3 is 2.71 bits per heavy atom. The quantitative estimate of drug-likeness (QED) is 0.438. The van der Waals surface area contributed by atoms with Crippen molar-refractivity contribution in [2.24, 2.45) is 0 Å². The molecule has 0 heterocycles. The van der Waals surface area contributed by atoms with Crippen LogP contribution in [0.4, 0.5) is 5.69 Å². The summed E-state index contributed by atoms with van der Waals surface area (Å²) in [5, 5.41) is 14.0. The maximum Gasteiger partial charge on any atom is 0.270 e. The molecular weight excluding hydrogens is 308 g/mol. The average Bonchev–Trinajstić information content (AvgIpc) is 2.59. The molecule has 1 aromatic rings. The van der Waals surface area contributed by atoms with Crippen LogP contribution in [0.1, 0.15) is 68.6 Å². The van der Waals surface area contributed by atoms with Gasteiger partial charge in [-0.25, -0.2) is 0 Å². The summed E-state index contributed by atoms with van der Waals surface area (Å²) in [7, 11) is 0. The second-order valence-electron chi connectivity index (χ2n) is 6.30. The molecule has 1 fully saturated rings. The van der Waals surface area contributed by atoms with Gasteiger partial charge in [0.05, 0.1) is 17.1 Å². The van der Waals surface area contributed by atoms with Crippen LogP contribution in [-0.2, 0) is 0 Å². The van der Waals surface area contributed by atoms with Crippen LogP contribution >= 0.6 is 0 Å². The van der Waals surface area contributed by atoms with Gasteiger partial charge in [-0.15, -0.1) is 0 Å². The highest BCUT2D eigenvalue weighted by Crippen LogP contribution is 2.26. The lowest BCUT2D eigenvalue weighted by Crippen LogP contribution is -2.36. The van der Waals surface area contributed by atoms with Crippen molar-refractivity contribution in [1.82, 2.24) is 5.32 Å². The highest BCUT2D eigenvalue weighted by molar-refractivity contribution is 5.97. The summed E-state index contributed by atoms with van der Waals surface area (Å²) in [6, 6.07) is 4.37. The first kappa shape index (κ1) is 18.2. The van der Waals surface area contributed by atoms with Crippen molar-refractivity contribution in [3.63, 3.8) is 0 Å². The SMILES string of the molecule is CCCCCOc1ccc([N+](=O)[O-])cc1C(=O)NC1CCCCC1. The number of non-ortho nitro benzene ring substituents is 1. The molecule has 0 atom stereocenters. The van der Waals surface area contributed by atoms with Crippen molar-refractivity contribution >= 4 is 11.6 Å². The standard InChI is InChI=1S/C18H26N2O4/c1-2-3-7-12-24-17-11-10-15(20(22)23)13-16(17)18(21)19-14-8-5-4-6-9-14/h10-11,13-14H,2-9,12H2,1H3,(H,19,21). The fourth-order valence-electron chi connectivity index (χ4n) is 2.98. The van der Waals surface area contributed by atoms with Gasteiger partial charge in [-0.2, -0.15) is 0 Å². The summed E-state index contributed by atoms with van der Waals surface area (Å²) in [6.45, 7) is 2.62. The highest BCUT2D eigenvalue weighted by Gasteiger charge is 2.21. The molecule has 6 nitrogen and oxygen atoms in total. The van der Waals surface area contributed by atoms with Crippen LogP contribution in [-0.4, -0.2) is 23.5 Å². The zero-order valence-electron chi connectivity index (χ0n) is 14.3. The molecule has 0 aliphatic heterocycles. The minimum atomic E-state index is -0.488. The van der Waals surface area contributed by atoms with Crippen molar-refractivity contribution in [2.45, 2.75) is 64.3 Å². The number of unbranched alkanes of at least 4 members (excludes halogenated alkanes) is 2. The van der Waals surface area contributed by atoms with Crippen LogP contribution < -0.4 is 10.1 Å². The van der Waals surface area contributed by atoms with Gasteiger partial charge < -0.3 is 10.1 Å². The van der Waals surface area contributed by atoms with E-state index in [1.54, 1.807) is 0 Å². The number of rotatable bonds is 8. The van der Waals surface area contributed by atoms with Gasteiger partial charge in [0.2, 0.25) is 0 Å². The Labute approximate surface area is 142 Å². The molecule has 0 radical (unpaired) electrons. The zero-order chi connectivity index (χ0) is 17.4. The average molecular weight is 334 g/mol. The van der Waals surface area contributed by atoms with Crippen LogP contribution in [0.5, 0.6) is 5.75 Å². The molecule has 1 amide bonds. The lowest BCUT2D eigenvalue weighted by Gasteiger charge is -2.23. The summed E-state index contributed by atoms with van der Waals surface area (Å²) in [5.74, 6) is 0.140. The molecule has 0 aromatic heterocycles. The molecule has 6 heteroatoms. The van der Waals surface area contributed by atoms with Crippen molar-refractivity contribution in [3.8, 4) is 5.75 Å². The molecule has 24 heavy (non-hydrogen) atoms. The Bertz CT molecular complexity index is 568. The topological polar surface area (TPSA) is 81.5 Å². The number of amides is 1. The number of nitro groups is 1. The Hall–Kier alpha value is -2.11. The van der Waals surface area contributed by atoms with Crippen LogP contribution in [0.15, 0.2) is 18.2 Å². The van der Waals surface area contributed by atoms with E-state index in [9.17, 15) is 14.9 Å². The third kappa shape index (κ3) is 5.22. The molecule has 1 N–H and O–H groups in total. The minimum absolute atomic E-state index is 0.0929. The second-order valence-corrected chi connectivity index (χ2v) is 6.30. The van der Waals surface area contributed by atoms with E-state index < -0.39 is 4.92 Å². The predicted molar refractivity (Wildman–Crippen MR) is 92.5 cm³/mol. The van der Waals surface area contributed by atoms with Gasteiger partial charge in [0.25, 0.3) is 11.6 Å². The molecule has 0 bridgehead atoms. The molecule has 1 aliphatic carbocycles. The van der Waals surface area contributed by atoms with Gasteiger partial charge in [0, 0.05) is 18.2 Å². The first-order valence-corrected chi connectivity index (χ1v) is 8.84. The number of nitrogens with one attached hydrogen (secondary N) is 1. The Kier molecular flexibility index (Phi) is 7.03. The zero-order valence-corrected chi connectivity index (χ0v) is 14.3. The molecule has 0 saturated heterocycles. The fraction of sp³-hybridized carbons (Fsp3) is 0.611. The van der Waals surface area contributed by atoms with Crippen molar-refractivity contribution < 1.29 is 14.5 Å². The molecular formula is C18H26N2O4. The summed E-state index contributed by atoms with van der Waals surface area (Å²) in [6.07, 6.45) is 8.39. The predicted octanol–water partition coefficient (Wildman–Crippen LogP) is 4.23. The minimum Gasteiger partial charge on any atom is -0.493 e.